The number of hydrogen-bond donors (Lipinski definition) is 1. The Balaban J connectivity index is 2.12. The first-order valence-corrected chi connectivity index (χ1v) is 5.13. The van der Waals surface area contributed by atoms with Crippen molar-refractivity contribution in [1.82, 2.24) is 0 Å². The van der Waals surface area contributed by atoms with Crippen LogP contribution >= 0.6 is 0 Å². The van der Waals surface area contributed by atoms with E-state index < -0.39 is 5.97 Å². The fourth-order valence-corrected chi connectivity index (χ4v) is 1.38. The van der Waals surface area contributed by atoms with Gasteiger partial charge in [-0.3, -0.25) is 0 Å². The highest BCUT2D eigenvalue weighted by Gasteiger charge is 2.22. The monoisotopic (exact) mass is 206 g/mol. The molecule has 0 heterocycles. The van der Waals surface area contributed by atoms with Crippen LogP contribution in [0, 0.1) is 12.8 Å². The Labute approximate surface area is 88.7 Å². The van der Waals surface area contributed by atoms with Gasteiger partial charge < -0.3 is 9.84 Å². The average Bonchev–Trinajstić information content (AvgIpc) is 3.00. The van der Waals surface area contributed by atoms with Crippen molar-refractivity contribution in [2.24, 2.45) is 5.92 Å². The number of hydrogen-bond acceptors (Lipinski definition) is 2. The molecule has 1 saturated carbocycles. The minimum atomic E-state index is -0.911. The maximum absolute atomic E-state index is 10.8. The minimum absolute atomic E-state index is 0.284. The Kier molecular flexibility index (Phi) is 2.62. The molecule has 0 amide bonds. The lowest BCUT2D eigenvalue weighted by Crippen LogP contribution is -2.03. The van der Waals surface area contributed by atoms with E-state index in [-0.39, 0.29) is 5.56 Å². The number of carbonyl (C=O) groups is 1. The summed E-state index contributed by atoms with van der Waals surface area (Å²) in [5.74, 6) is 0.464. The van der Waals surface area contributed by atoms with Crippen LogP contribution in [-0.4, -0.2) is 17.7 Å². The van der Waals surface area contributed by atoms with Crippen LogP contribution in [0.4, 0.5) is 0 Å². The SMILES string of the molecule is Cc1ccc(C(=O)O)cc1OCC1CC1. The predicted molar refractivity (Wildman–Crippen MR) is 56.4 cm³/mol. The summed E-state index contributed by atoms with van der Waals surface area (Å²) in [6, 6.07) is 4.98. The van der Waals surface area contributed by atoms with E-state index in [1.807, 2.05) is 6.92 Å². The molecule has 0 bridgehead atoms. The van der Waals surface area contributed by atoms with Gasteiger partial charge in [-0.1, -0.05) is 6.07 Å². The van der Waals surface area contributed by atoms with Crippen molar-refractivity contribution in [3.05, 3.63) is 29.3 Å². The molecule has 0 saturated heterocycles. The van der Waals surface area contributed by atoms with Crippen molar-refractivity contribution in [2.45, 2.75) is 19.8 Å². The molecular formula is C12H14O3. The normalized spacial score (nSPS) is 15.0. The van der Waals surface area contributed by atoms with E-state index in [2.05, 4.69) is 0 Å². The van der Waals surface area contributed by atoms with Crippen LogP contribution in [0.25, 0.3) is 0 Å². The zero-order valence-corrected chi connectivity index (χ0v) is 8.69. The summed E-state index contributed by atoms with van der Waals surface area (Å²) in [5.41, 5.74) is 1.27. The van der Waals surface area contributed by atoms with Gasteiger partial charge in [0, 0.05) is 0 Å². The van der Waals surface area contributed by atoms with Crippen LogP contribution in [0.5, 0.6) is 5.75 Å². The number of rotatable bonds is 4. The van der Waals surface area contributed by atoms with Gasteiger partial charge in [0.25, 0.3) is 0 Å². The van der Waals surface area contributed by atoms with Gasteiger partial charge >= 0.3 is 5.97 Å². The van der Waals surface area contributed by atoms with Crippen molar-refractivity contribution < 1.29 is 14.6 Å². The third-order valence-electron chi connectivity index (χ3n) is 2.61. The molecule has 1 aromatic carbocycles. The number of aryl methyl sites for hydroxylation is 1. The van der Waals surface area contributed by atoms with Crippen LogP contribution in [-0.2, 0) is 0 Å². The molecule has 1 aliphatic carbocycles. The Morgan fingerprint density at radius 1 is 1.53 bits per heavy atom. The zero-order valence-electron chi connectivity index (χ0n) is 8.69. The van der Waals surface area contributed by atoms with E-state index in [9.17, 15) is 4.79 Å². The molecule has 80 valence electrons. The van der Waals surface area contributed by atoms with Crippen molar-refractivity contribution in [2.75, 3.05) is 6.61 Å². The van der Waals surface area contributed by atoms with Gasteiger partial charge in [-0.15, -0.1) is 0 Å². The first-order valence-electron chi connectivity index (χ1n) is 5.13. The summed E-state index contributed by atoms with van der Waals surface area (Å²) >= 11 is 0. The second kappa shape index (κ2) is 3.93. The lowest BCUT2D eigenvalue weighted by molar-refractivity contribution is 0.0696. The topological polar surface area (TPSA) is 46.5 Å². The maximum atomic E-state index is 10.8. The van der Waals surface area contributed by atoms with Gasteiger partial charge in [0.1, 0.15) is 5.75 Å². The second-order valence-electron chi connectivity index (χ2n) is 4.04. The number of aromatic carboxylic acids is 1. The number of carboxylic acid groups (broad SMARTS) is 1. The molecule has 1 fully saturated rings. The van der Waals surface area contributed by atoms with Crippen molar-refractivity contribution >= 4 is 5.97 Å². The van der Waals surface area contributed by atoms with E-state index in [1.54, 1.807) is 18.2 Å². The highest BCUT2D eigenvalue weighted by molar-refractivity contribution is 5.88. The zero-order chi connectivity index (χ0) is 10.8. The van der Waals surface area contributed by atoms with E-state index in [1.165, 1.54) is 12.8 Å². The quantitative estimate of drug-likeness (QED) is 0.823. The fraction of sp³-hybridized carbons (Fsp3) is 0.417. The van der Waals surface area contributed by atoms with Gasteiger partial charge in [0.05, 0.1) is 12.2 Å². The molecule has 0 atom stereocenters. The van der Waals surface area contributed by atoms with Gasteiger partial charge in [-0.2, -0.15) is 0 Å². The lowest BCUT2D eigenvalue weighted by atomic mass is 10.1. The Morgan fingerprint density at radius 3 is 2.87 bits per heavy atom. The first-order chi connectivity index (χ1) is 7.16. The fourth-order valence-electron chi connectivity index (χ4n) is 1.38. The van der Waals surface area contributed by atoms with Crippen LogP contribution in [0.3, 0.4) is 0 Å². The summed E-state index contributed by atoms with van der Waals surface area (Å²) in [4.78, 5) is 10.8. The molecule has 3 nitrogen and oxygen atoms in total. The van der Waals surface area contributed by atoms with E-state index in [0.717, 1.165) is 5.56 Å². The number of ether oxygens (including phenoxy) is 1. The summed E-state index contributed by atoms with van der Waals surface area (Å²) in [6.45, 7) is 2.64. The van der Waals surface area contributed by atoms with Gasteiger partial charge in [0.15, 0.2) is 0 Å². The van der Waals surface area contributed by atoms with Crippen LogP contribution < -0.4 is 4.74 Å². The molecule has 15 heavy (non-hydrogen) atoms. The Hall–Kier alpha value is -1.51. The van der Waals surface area contributed by atoms with Gasteiger partial charge in [-0.25, -0.2) is 4.79 Å². The van der Waals surface area contributed by atoms with E-state index in [0.29, 0.717) is 18.3 Å². The molecule has 0 unspecified atom stereocenters. The molecule has 0 spiro atoms. The van der Waals surface area contributed by atoms with Crippen molar-refractivity contribution in [3.8, 4) is 5.75 Å². The molecule has 1 aromatic rings. The van der Waals surface area contributed by atoms with Gasteiger partial charge in [0.2, 0.25) is 0 Å². The third-order valence-corrected chi connectivity index (χ3v) is 2.61. The molecule has 2 rings (SSSR count). The third kappa shape index (κ3) is 2.49. The number of carboxylic acids is 1. The molecule has 3 heteroatoms. The molecule has 1 N–H and O–H groups in total. The van der Waals surface area contributed by atoms with Crippen LogP contribution in [0.15, 0.2) is 18.2 Å². The summed E-state index contributed by atoms with van der Waals surface area (Å²) in [6.07, 6.45) is 2.47. The van der Waals surface area contributed by atoms with Crippen molar-refractivity contribution in [3.63, 3.8) is 0 Å². The average molecular weight is 206 g/mol. The maximum Gasteiger partial charge on any atom is 0.335 e. The second-order valence-corrected chi connectivity index (χ2v) is 4.04. The van der Waals surface area contributed by atoms with Crippen LogP contribution in [0.1, 0.15) is 28.8 Å². The highest BCUT2D eigenvalue weighted by atomic mass is 16.5. The largest absolute Gasteiger partial charge is 0.493 e. The predicted octanol–water partition coefficient (Wildman–Crippen LogP) is 2.48. The molecule has 0 radical (unpaired) electrons. The van der Waals surface area contributed by atoms with E-state index >= 15 is 0 Å². The van der Waals surface area contributed by atoms with Gasteiger partial charge in [-0.05, 0) is 43.4 Å². The minimum Gasteiger partial charge on any atom is -0.493 e. The summed E-state index contributed by atoms with van der Waals surface area (Å²) < 4.78 is 5.59. The molecular weight excluding hydrogens is 192 g/mol. The van der Waals surface area contributed by atoms with Crippen LogP contribution in [0.2, 0.25) is 0 Å². The Bertz CT molecular complexity index is 380. The van der Waals surface area contributed by atoms with Crippen molar-refractivity contribution in [1.29, 1.82) is 0 Å². The Morgan fingerprint density at radius 2 is 2.27 bits per heavy atom. The number of benzene rings is 1. The summed E-state index contributed by atoms with van der Waals surface area (Å²) in [5, 5.41) is 8.83. The summed E-state index contributed by atoms with van der Waals surface area (Å²) in [7, 11) is 0. The molecule has 0 aromatic heterocycles. The first kappa shape index (κ1) is 10.0. The molecule has 0 aliphatic heterocycles. The highest BCUT2D eigenvalue weighted by Crippen LogP contribution is 2.30. The smallest absolute Gasteiger partial charge is 0.335 e. The lowest BCUT2D eigenvalue weighted by Gasteiger charge is -2.08. The standard InChI is InChI=1S/C12H14O3/c1-8-2-5-10(12(13)14)6-11(8)15-7-9-3-4-9/h2,5-6,9H,3-4,7H2,1H3,(H,13,14). The van der Waals surface area contributed by atoms with E-state index in [4.69, 9.17) is 9.84 Å². The molecule has 1 aliphatic rings.